The topological polar surface area (TPSA) is 0 Å². The van der Waals surface area contributed by atoms with Crippen molar-refractivity contribution < 1.29 is 0 Å². The van der Waals surface area contributed by atoms with Gasteiger partial charge < -0.3 is 0 Å². The fourth-order valence-electron chi connectivity index (χ4n) is 2.01. The Morgan fingerprint density at radius 3 is 1.93 bits per heavy atom. The lowest BCUT2D eigenvalue weighted by atomic mass is 10.0. The molecule has 14 heavy (non-hydrogen) atoms. The van der Waals surface area contributed by atoms with Gasteiger partial charge in [-0.05, 0) is 6.42 Å². The Kier molecular flexibility index (Phi) is 2.94. The third-order valence-electron chi connectivity index (χ3n) is 4.14. The van der Waals surface area contributed by atoms with Crippen molar-refractivity contribution in [3.8, 4) is 11.8 Å². The number of alkyl halides is 1. The lowest BCUT2D eigenvalue weighted by Crippen LogP contribution is -2.05. The van der Waals surface area contributed by atoms with Gasteiger partial charge in [-0.3, -0.25) is 0 Å². The lowest BCUT2D eigenvalue weighted by molar-refractivity contribution is 0.457. The van der Waals surface area contributed by atoms with E-state index in [-0.39, 0.29) is 15.7 Å². The molecule has 0 spiro atoms. The van der Waals surface area contributed by atoms with E-state index >= 15 is 0 Å². The third-order valence-corrected chi connectivity index (χ3v) is 5.18. The zero-order valence-electron chi connectivity index (χ0n) is 10.00. The number of halogens is 1. The zero-order chi connectivity index (χ0) is 11.0. The number of hydrogen-bond acceptors (Lipinski definition) is 0. The summed E-state index contributed by atoms with van der Waals surface area (Å²) in [5.41, 5.74) is 0.279. The summed E-state index contributed by atoms with van der Waals surface area (Å²) in [4.78, 5) is -0.298. The minimum absolute atomic E-state index is 0.140. The first-order valence-electron chi connectivity index (χ1n) is 5.50. The summed E-state index contributed by atoms with van der Waals surface area (Å²) < 4.78 is 0. The maximum absolute atomic E-state index is 6.53. The van der Waals surface area contributed by atoms with Crippen LogP contribution in [0.1, 0.15) is 53.9 Å². The summed E-state index contributed by atoms with van der Waals surface area (Å²) in [7, 11) is 0. The summed E-state index contributed by atoms with van der Waals surface area (Å²) in [5, 5.41) is 0. The molecule has 1 aliphatic rings. The second kappa shape index (κ2) is 3.46. The van der Waals surface area contributed by atoms with Gasteiger partial charge in [-0.15, -0.1) is 17.5 Å². The molecule has 0 aromatic heterocycles. The summed E-state index contributed by atoms with van der Waals surface area (Å²) in [6, 6.07) is 0. The fraction of sp³-hybridized carbons (Fsp3) is 0.846. The van der Waals surface area contributed by atoms with Crippen LogP contribution < -0.4 is 0 Å². The van der Waals surface area contributed by atoms with Crippen molar-refractivity contribution in [1.29, 1.82) is 0 Å². The normalized spacial score (nSPS) is 25.0. The molecule has 0 atom stereocenters. The van der Waals surface area contributed by atoms with Gasteiger partial charge in [0.2, 0.25) is 0 Å². The maximum atomic E-state index is 6.53. The van der Waals surface area contributed by atoms with Crippen LogP contribution in [0.25, 0.3) is 0 Å². The predicted octanol–water partition coefficient (Wildman–Crippen LogP) is 4.22. The Hall–Kier alpha value is -0.150. The van der Waals surface area contributed by atoms with E-state index in [0.29, 0.717) is 0 Å². The molecule has 0 aromatic rings. The van der Waals surface area contributed by atoms with Crippen LogP contribution in [-0.4, -0.2) is 4.87 Å². The van der Waals surface area contributed by atoms with Crippen LogP contribution >= 0.6 is 11.6 Å². The number of rotatable bonds is 2. The smallest absolute Gasteiger partial charge is 0.104 e. The zero-order valence-corrected chi connectivity index (χ0v) is 10.8. The third kappa shape index (κ3) is 1.38. The van der Waals surface area contributed by atoms with Crippen molar-refractivity contribution in [2.24, 2.45) is 10.8 Å². The summed E-state index contributed by atoms with van der Waals surface area (Å²) in [6.07, 6.45) is 3.37. The van der Waals surface area contributed by atoms with E-state index in [9.17, 15) is 0 Å². The van der Waals surface area contributed by atoms with Crippen LogP contribution in [0.2, 0.25) is 0 Å². The molecular weight excluding hydrogens is 192 g/mol. The Morgan fingerprint density at radius 1 is 1.07 bits per heavy atom. The minimum atomic E-state index is -0.298. The van der Waals surface area contributed by atoms with Gasteiger partial charge in [0.25, 0.3) is 0 Å². The van der Waals surface area contributed by atoms with E-state index in [1.165, 1.54) is 12.8 Å². The highest BCUT2D eigenvalue weighted by Crippen LogP contribution is 2.74. The van der Waals surface area contributed by atoms with Crippen LogP contribution in [0, 0.1) is 22.7 Å². The average Bonchev–Trinajstić information content (AvgIpc) is 2.39. The minimum Gasteiger partial charge on any atom is -0.104 e. The monoisotopic (exact) mass is 212 g/mol. The first-order chi connectivity index (χ1) is 6.31. The largest absolute Gasteiger partial charge is 0.116 e. The molecule has 1 fully saturated rings. The van der Waals surface area contributed by atoms with Gasteiger partial charge in [-0.25, -0.2) is 0 Å². The van der Waals surface area contributed by atoms with Crippen LogP contribution in [0.4, 0.5) is 0 Å². The van der Waals surface area contributed by atoms with E-state index in [0.717, 1.165) is 6.42 Å². The molecular formula is C13H21Cl. The Morgan fingerprint density at radius 2 is 1.57 bits per heavy atom. The summed E-state index contributed by atoms with van der Waals surface area (Å²) >= 11 is 6.53. The second-order valence-electron chi connectivity index (χ2n) is 5.31. The van der Waals surface area contributed by atoms with E-state index in [2.05, 4.69) is 46.5 Å². The number of unbranched alkanes of at least 4 members (excludes halogenated alkanes) is 2. The van der Waals surface area contributed by atoms with Gasteiger partial charge in [0.05, 0.1) is 0 Å². The van der Waals surface area contributed by atoms with Crippen molar-refractivity contribution in [2.45, 2.75) is 58.8 Å². The molecule has 0 saturated heterocycles. The highest BCUT2D eigenvalue weighted by molar-refractivity contribution is 6.30. The molecule has 0 amide bonds. The van der Waals surface area contributed by atoms with Crippen LogP contribution in [0.15, 0.2) is 0 Å². The summed E-state index contributed by atoms with van der Waals surface area (Å²) in [6.45, 7) is 11.0. The van der Waals surface area contributed by atoms with Gasteiger partial charge in [0, 0.05) is 17.3 Å². The van der Waals surface area contributed by atoms with Gasteiger partial charge in [-0.2, -0.15) is 0 Å². The molecule has 0 nitrogen and oxygen atoms in total. The van der Waals surface area contributed by atoms with Gasteiger partial charge in [0.1, 0.15) is 4.87 Å². The van der Waals surface area contributed by atoms with Crippen molar-refractivity contribution >= 4 is 11.6 Å². The second-order valence-corrected chi connectivity index (χ2v) is 5.88. The van der Waals surface area contributed by atoms with Crippen LogP contribution in [-0.2, 0) is 0 Å². The molecule has 1 heteroatoms. The molecule has 1 aliphatic carbocycles. The van der Waals surface area contributed by atoms with Gasteiger partial charge in [0.15, 0.2) is 0 Å². The Balaban J connectivity index is 2.66. The SMILES string of the molecule is CCCCC#CC1(Cl)C(C)(C)C1(C)C. The first kappa shape index (κ1) is 11.9. The van der Waals surface area contributed by atoms with Crippen molar-refractivity contribution in [1.82, 2.24) is 0 Å². The highest BCUT2D eigenvalue weighted by Gasteiger charge is 2.76. The molecule has 1 saturated carbocycles. The first-order valence-corrected chi connectivity index (χ1v) is 5.88. The highest BCUT2D eigenvalue weighted by atomic mass is 35.5. The van der Waals surface area contributed by atoms with E-state index in [1.54, 1.807) is 0 Å². The predicted molar refractivity (Wildman–Crippen MR) is 63.4 cm³/mol. The van der Waals surface area contributed by atoms with Gasteiger partial charge >= 0.3 is 0 Å². The molecule has 0 aromatic carbocycles. The molecule has 0 unspecified atom stereocenters. The van der Waals surface area contributed by atoms with Crippen molar-refractivity contribution in [3.63, 3.8) is 0 Å². The van der Waals surface area contributed by atoms with E-state index in [1.807, 2.05) is 0 Å². The van der Waals surface area contributed by atoms with Crippen LogP contribution in [0.3, 0.4) is 0 Å². The van der Waals surface area contributed by atoms with Crippen molar-refractivity contribution in [2.75, 3.05) is 0 Å². The molecule has 0 heterocycles. The molecule has 0 aliphatic heterocycles. The molecule has 80 valence electrons. The van der Waals surface area contributed by atoms with E-state index in [4.69, 9.17) is 11.6 Å². The van der Waals surface area contributed by atoms with E-state index < -0.39 is 0 Å². The Labute approximate surface area is 93.4 Å². The molecule has 0 radical (unpaired) electrons. The molecule has 0 N–H and O–H groups in total. The molecule has 1 rings (SSSR count). The van der Waals surface area contributed by atoms with Gasteiger partial charge in [-0.1, -0.05) is 47.0 Å². The fourth-order valence-corrected chi connectivity index (χ4v) is 2.50. The number of hydrogen-bond donors (Lipinski definition) is 0. The lowest BCUT2D eigenvalue weighted by Gasteiger charge is -2.02. The molecule has 0 bridgehead atoms. The summed E-state index contributed by atoms with van der Waals surface area (Å²) in [5.74, 6) is 6.48. The standard InChI is InChI=1S/C13H21Cl/c1-6-7-8-9-10-13(14)11(2,3)12(13,4)5/h6-8H2,1-5H3. The maximum Gasteiger partial charge on any atom is 0.116 e. The Bertz CT molecular complexity index is 261. The quantitative estimate of drug-likeness (QED) is 0.365. The van der Waals surface area contributed by atoms with Crippen molar-refractivity contribution in [3.05, 3.63) is 0 Å². The average molecular weight is 213 g/mol. The van der Waals surface area contributed by atoms with Crippen LogP contribution in [0.5, 0.6) is 0 Å².